The number of rotatable bonds is 2. The molecular weight excluding hydrogens is 276 g/mol. The Balaban J connectivity index is 1.79. The Labute approximate surface area is 123 Å². The highest BCUT2D eigenvalue weighted by Crippen LogP contribution is 2.29. The quantitative estimate of drug-likeness (QED) is 0.881. The van der Waals surface area contributed by atoms with E-state index in [1.165, 1.54) is 12.5 Å². The van der Waals surface area contributed by atoms with Crippen molar-refractivity contribution in [1.82, 2.24) is 10.2 Å². The first-order valence-corrected chi connectivity index (χ1v) is 7.57. The van der Waals surface area contributed by atoms with Gasteiger partial charge in [0.2, 0.25) is 0 Å². The minimum Gasteiger partial charge on any atom is -0.506 e. The zero-order valence-corrected chi connectivity index (χ0v) is 12.1. The molecule has 2 aliphatic rings. The second-order valence-electron chi connectivity index (χ2n) is 5.58. The van der Waals surface area contributed by atoms with Crippen molar-refractivity contribution in [2.24, 2.45) is 0 Å². The van der Waals surface area contributed by atoms with Gasteiger partial charge in [0.25, 0.3) is 5.91 Å². The predicted octanol–water partition coefficient (Wildman–Crippen LogP) is 2.40. The van der Waals surface area contributed by atoms with Crippen molar-refractivity contribution in [1.29, 1.82) is 0 Å². The average molecular weight is 295 g/mol. The van der Waals surface area contributed by atoms with Gasteiger partial charge < -0.3 is 15.3 Å². The molecule has 0 saturated carbocycles. The van der Waals surface area contributed by atoms with E-state index < -0.39 is 0 Å². The van der Waals surface area contributed by atoms with Crippen LogP contribution in [0.5, 0.6) is 5.75 Å². The Morgan fingerprint density at radius 1 is 1.35 bits per heavy atom. The van der Waals surface area contributed by atoms with Gasteiger partial charge in [-0.25, -0.2) is 0 Å². The van der Waals surface area contributed by atoms with Crippen molar-refractivity contribution < 1.29 is 9.90 Å². The summed E-state index contributed by atoms with van der Waals surface area (Å²) in [6.07, 6.45) is 4.45. The van der Waals surface area contributed by atoms with Crippen LogP contribution in [0.25, 0.3) is 0 Å². The zero-order chi connectivity index (χ0) is 14.1. The molecule has 1 aromatic carbocycles. The van der Waals surface area contributed by atoms with Gasteiger partial charge in [-0.3, -0.25) is 4.79 Å². The molecule has 2 aliphatic heterocycles. The van der Waals surface area contributed by atoms with Gasteiger partial charge in [-0.1, -0.05) is 11.6 Å². The molecule has 20 heavy (non-hydrogen) atoms. The van der Waals surface area contributed by atoms with Crippen LogP contribution in [-0.2, 0) is 0 Å². The molecule has 1 aromatic rings. The molecule has 5 heteroatoms. The number of phenolic OH excluding ortho intramolecular Hbond substituents is 1. The summed E-state index contributed by atoms with van der Waals surface area (Å²) >= 11 is 5.90. The van der Waals surface area contributed by atoms with E-state index in [2.05, 4.69) is 5.32 Å². The smallest absolute Gasteiger partial charge is 0.254 e. The molecule has 2 atom stereocenters. The third kappa shape index (κ3) is 2.50. The van der Waals surface area contributed by atoms with Gasteiger partial charge in [0.1, 0.15) is 5.75 Å². The van der Waals surface area contributed by atoms with Crippen LogP contribution >= 0.6 is 11.6 Å². The summed E-state index contributed by atoms with van der Waals surface area (Å²) in [5.74, 6) is 0.0294. The van der Waals surface area contributed by atoms with Crippen molar-refractivity contribution >= 4 is 17.5 Å². The molecule has 3 rings (SSSR count). The lowest BCUT2D eigenvalue weighted by atomic mass is 10.0. The fourth-order valence-electron chi connectivity index (χ4n) is 3.31. The highest BCUT2D eigenvalue weighted by molar-refractivity contribution is 6.32. The Morgan fingerprint density at radius 2 is 2.20 bits per heavy atom. The van der Waals surface area contributed by atoms with Crippen LogP contribution in [0.1, 0.15) is 36.0 Å². The minimum atomic E-state index is 0.0126. The summed E-state index contributed by atoms with van der Waals surface area (Å²) in [6, 6.07) is 5.39. The monoisotopic (exact) mass is 294 g/mol. The highest BCUT2D eigenvalue weighted by Gasteiger charge is 2.36. The van der Waals surface area contributed by atoms with Gasteiger partial charge in [-0.2, -0.15) is 0 Å². The van der Waals surface area contributed by atoms with Gasteiger partial charge in [0.05, 0.1) is 5.02 Å². The molecule has 4 nitrogen and oxygen atoms in total. The van der Waals surface area contributed by atoms with E-state index in [1.807, 2.05) is 4.90 Å². The lowest BCUT2D eigenvalue weighted by Crippen LogP contribution is -2.46. The van der Waals surface area contributed by atoms with Gasteiger partial charge in [0, 0.05) is 24.2 Å². The molecule has 2 N–H and O–H groups in total. The largest absolute Gasteiger partial charge is 0.506 e. The van der Waals surface area contributed by atoms with E-state index in [1.54, 1.807) is 12.1 Å². The van der Waals surface area contributed by atoms with E-state index in [0.29, 0.717) is 11.6 Å². The highest BCUT2D eigenvalue weighted by atomic mass is 35.5. The predicted molar refractivity (Wildman–Crippen MR) is 78.2 cm³/mol. The van der Waals surface area contributed by atoms with Crippen LogP contribution < -0.4 is 5.32 Å². The number of halogens is 1. The first-order valence-electron chi connectivity index (χ1n) is 7.19. The third-order valence-corrected chi connectivity index (χ3v) is 4.62. The maximum Gasteiger partial charge on any atom is 0.254 e. The number of likely N-dealkylation sites (tertiary alicyclic amines) is 1. The molecule has 2 unspecified atom stereocenters. The Bertz CT molecular complexity index is 515. The van der Waals surface area contributed by atoms with Gasteiger partial charge in [0.15, 0.2) is 0 Å². The number of benzene rings is 1. The first-order chi connectivity index (χ1) is 9.66. The van der Waals surface area contributed by atoms with E-state index in [0.717, 1.165) is 32.4 Å². The Kier molecular flexibility index (Phi) is 3.85. The van der Waals surface area contributed by atoms with Crippen molar-refractivity contribution in [3.8, 4) is 5.75 Å². The summed E-state index contributed by atoms with van der Waals surface area (Å²) in [6.45, 7) is 1.86. The standard InChI is InChI=1S/C15H19ClN2O2/c16-11-9-10(5-6-14(11)19)15(20)18-8-2-4-13(18)12-3-1-7-17-12/h5-6,9,12-13,17,19H,1-4,7-8H2. The maximum atomic E-state index is 12.6. The molecule has 0 spiro atoms. The Hall–Kier alpha value is -1.26. The van der Waals surface area contributed by atoms with Crippen molar-refractivity contribution in [2.45, 2.75) is 37.8 Å². The molecular formula is C15H19ClN2O2. The van der Waals surface area contributed by atoms with Crippen LogP contribution in [0.2, 0.25) is 5.02 Å². The maximum absolute atomic E-state index is 12.6. The normalized spacial score (nSPS) is 26.1. The summed E-state index contributed by atoms with van der Waals surface area (Å²) in [5.41, 5.74) is 0.553. The lowest BCUT2D eigenvalue weighted by molar-refractivity contribution is 0.0711. The number of phenols is 1. The van der Waals surface area contributed by atoms with Crippen molar-refractivity contribution in [2.75, 3.05) is 13.1 Å². The number of nitrogens with zero attached hydrogens (tertiary/aromatic N) is 1. The second kappa shape index (κ2) is 5.62. The summed E-state index contributed by atoms with van der Waals surface area (Å²) in [7, 11) is 0. The fraction of sp³-hybridized carbons (Fsp3) is 0.533. The third-order valence-electron chi connectivity index (χ3n) is 4.32. The fourth-order valence-corrected chi connectivity index (χ4v) is 3.49. The topological polar surface area (TPSA) is 52.6 Å². The lowest BCUT2D eigenvalue weighted by Gasteiger charge is -2.29. The molecule has 0 bridgehead atoms. The molecule has 2 saturated heterocycles. The molecule has 0 radical (unpaired) electrons. The van der Waals surface area contributed by atoms with Crippen LogP contribution in [-0.4, -0.2) is 41.1 Å². The van der Waals surface area contributed by atoms with E-state index in [-0.39, 0.29) is 22.7 Å². The van der Waals surface area contributed by atoms with E-state index >= 15 is 0 Å². The SMILES string of the molecule is O=C(c1ccc(O)c(Cl)c1)N1CCCC1C1CCCN1. The van der Waals surface area contributed by atoms with Crippen molar-refractivity contribution in [3.05, 3.63) is 28.8 Å². The molecule has 108 valence electrons. The zero-order valence-electron chi connectivity index (χ0n) is 11.3. The van der Waals surface area contributed by atoms with E-state index in [9.17, 15) is 9.90 Å². The van der Waals surface area contributed by atoms with Crippen molar-refractivity contribution in [3.63, 3.8) is 0 Å². The summed E-state index contributed by atoms with van der Waals surface area (Å²) in [4.78, 5) is 14.6. The first kappa shape index (κ1) is 13.7. The number of hydrogen-bond acceptors (Lipinski definition) is 3. The molecule has 2 heterocycles. The molecule has 2 fully saturated rings. The number of hydrogen-bond donors (Lipinski definition) is 2. The minimum absolute atomic E-state index is 0.0126. The number of carbonyl (C=O) groups is 1. The summed E-state index contributed by atoms with van der Waals surface area (Å²) < 4.78 is 0. The van der Waals surface area contributed by atoms with Crippen LogP contribution in [0.3, 0.4) is 0 Å². The molecule has 1 amide bonds. The summed E-state index contributed by atoms with van der Waals surface area (Å²) in [5, 5.41) is 13.2. The van der Waals surface area contributed by atoms with E-state index in [4.69, 9.17) is 11.6 Å². The molecule has 0 aromatic heterocycles. The van der Waals surface area contributed by atoms with Crippen LogP contribution in [0, 0.1) is 0 Å². The van der Waals surface area contributed by atoms with Gasteiger partial charge >= 0.3 is 0 Å². The number of nitrogens with one attached hydrogen (secondary N) is 1. The number of carbonyl (C=O) groups excluding carboxylic acids is 1. The van der Waals surface area contributed by atoms with Gasteiger partial charge in [-0.05, 0) is 50.4 Å². The Morgan fingerprint density at radius 3 is 2.90 bits per heavy atom. The average Bonchev–Trinajstić information content (AvgIpc) is 3.10. The number of aromatic hydroxyl groups is 1. The van der Waals surface area contributed by atoms with Crippen LogP contribution in [0.15, 0.2) is 18.2 Å². The second-order valence-corrected chi connectivity index (χ2v) is 5.98. The molecule has 0 aliphatic carbocycles. The van der Waals surface area contributed by atoms with Crippen LogP contribution in [0.4, 0.5) is 0 Å². The number of amides is 1. The van der Waals surface area contributed by atoms with Gasteiger partial charge in [-0.15, -0.1) is 0 Å².